The summed E-state index contributed by atoms with van der Waals surface area (Å²) >= 11 is 0. The minimum absolute atomic E-state index is 0. The number of halogens is 1. The van der Waals surface area contributed by atoms with E-state index < -0.39 is 16.0 Å². The van der Waals surface area contributed by atoms with E-state index in [1.165, 1.54) is 30.9 Å². The maximum Gasteiger partial charge on any atom is 0.338 e. The number of fused-ring (bicyclic) bond motifs is 1. The monoisotopic (exact) mass is 410 g/mol. The zero-order chi connectivity index (χ0) is 18.7. The van der Waals surface area contributed by atoms with Gasteiger partial charge in [-0.3, -0.25) is 0 Å². The summed E-state index contributed by atoms with van der Waals surface area (Å²) in [6.45, 7) is 2.76. The fraction of sp³-hybridized carbons (Fsp3) is 0.316. The van der Waals surface area contributed by atoms with Gasteiger partial charge in [0, 0.05) is 12.6 Å². The molecular weight excluding hydrogens is 388 g/mol. The van der Waals surface area contributed by atoms with Crippen LogP contribution in [0.5, 0.6) is 0 Å². The molecule has 0 radical (unpaired) electrons. The molecule has 0 aromatic heterocycles. The van der Waals surface area contributed by atoms with Crippen LogP contribution in [0.25, 0.3) is 0 Å². The molecule has 1 aliphatic rings. The molecule has 6 nitrogen and oxygen atoms in total. The maximum absolute atomic E-state index is 12.6. The van der Waals surface area contributed by atoms with Crippen molar-refractivity contribution < 1.29 is 17.9 Å². The number of nitrogens with one attached hydrogen (secondary N) is 2. The van der Waals surface area contributed by atoms with Gasteiger partial charge in [-0.05, 0) is 54.8 Å². The number of hydrogen-bond donors (Lipinski definition) is 2. The lowest BCUT2D eigenvalue weighted by molar-refractivity contribution is 0.0600. The molecule has 0 fully saturated rings. The molecule has 1 atom stereocenters. The van der Waals surface area contributed by atoms with Gasteiger partial charge >= 0.3 is 5.97 Å². The predicted molar refractivity (Wildman–Crippen MR) is 106 cm³/mol. The third-order valence-electron chi connectivity index (χ3n) is 4.61. The van der Waals surface area contributed by atoms with Crippen molar-refractivity contribution in [1.82, 2.24) is 10.0 Å². The van der Waals surface area contributed by atoms with Crippen LogP contribution in [0.3, 0.4) is 0 Å². The first-order valence-corrected chi connectivity index (χ1v) is 9.90. The third-order valence-corrected chi connectivity index (χ3v) is 6.03. The highest BCUT2D eigenvalue weighted by atomic mass is 35.5. The molecule has 8 heteroatoms. The zero-order valence-corrected chi connectivity index (χ0v) is 16.8. The molecule has 0 saturated heterocycles. The molecule has 2 aromatic carbocycles. The summed E-state index contributed by atoms with van der Waals surface area (Å²) in [4.78, 5) is 11.8. The van der Waals surface area contributed by atoms with Crippen molar-refractivity contribution in [2.75, 3.05) is 20.2 Å². The Morgan fingerprint density at radius 1 is 1.26 bits per heavy atom. The molecule has 0 saturated carbocycles. The lowest BCUT2D eigenvalue weighted by Crippen LogP contribution is -2.38. The first kappa shape index (κ1) is 21.4. The predicted octanol–water partition coefficient (Wildman–Crippen LogP) is 2.37. The van der Waals surface area contributed by atoms with E-state index in [9.17, 15) is 13.2 Å². The summed E-state index contributed by atoms with van der Waals surface area (Å²) in [7, 11) is -2.38. The number of benzene rings is 2. The van der Waals surface area contributed by atoms with Crippen molar-refractivity contribution in [2.24, 2.45) is 0 Å². The Balaban J connectivity index is 0.00000261. The Kier molecular flexibility index (Phi) is 7.00. The van der Waals surface area contributed by atoms with Gasteiger partial charge in [0.25, 0.3) is 0 Å². The van der Waals surface area contributed by atoms with Crippen LogP contribution in [0.1, 0.15) is 33.1 Å². The van der Waals surface area contributed by atoms with Gasteiger partial charge in [0.05, 0.1) is 17.6 Å². The highest BCUT2D eigenvalue weighted by Crippen LogP contribution is 2.23. The second-order valence-electron chi connectivity index (χ2n) is 6.28. The molecule has 27 heavy (non-hydrogen) atoms. The van der Waals surface area contributed by atoms with Crippen molar-refractivity contribution in [1.29, 1.82) is 0 Å². The lowest BCUT2D eigenvalue weighted by atomic mass is 9.95. The summed E-state index contributed by atoms with van der Waals surface area (Å²) in [6.07, 6.45) is 0.938. The van der Waals surface area contributed by atoms with Crippen molar-refractivity contribution in [2.45, 2.75) is 24.3 Å². The fourth-order valence-corrected chi connectivity index (χ4v) is 4.33. The van der Waals surface area contributed by atoms with Crippen LogP contribution in [0.2, 0.25) is 0 Å². The first-order valence-electron chi connectivity index (χ1n) is 8.42. The largest absolute Gasteiger partial charge is 0.465 e. The highest BCUT2D eigenvalue weighted by Gasteiger charge is 2.23. The van der Waals surface area contributed by atoms with E-state index in [1.54, 1.807) is 6.92 Å². The van der Waals surface area contributed by atoms with Crippen LogP contribution >= 0.6 is 12.4 Å². The van der Waals surface area contributed by atoms with Crippen LogP contribution in [0, 0.1) is 6.92 Å². The van der Waals surface area contributed by atoms with E-state index in [1.807, 2.05) is 18.2 Å². The van der Waals surface area contributed by atoms with Crippen molar-refractivity contribution >= 4 is 28.4 Å². The molecular formula is C19H23ClN2O4S. The van der Waals surface area contributed by atoms with E-state index in [0.717, 1.165) is 18.5 Å². The van der Waals surface area contributed by atoms with E-state index in [0.29, 0.717) is 11.1 Å². The van der Waals surface area contributed by atoms with Gasteiger partial charge in [0.15, 0.2) is 0 Å². The molecule has 0 amide bonds. The van der Waals surface area contributed by atoms with Crippen molar-refractivity contribution in [3.8, 4) is 0 Å². The summed E-state index contributed by atoms with van der Waals surface area (Å²) in [5.41, 5.74) is 3.28. The van der Waals surface area contributed by atoms with Crippen LogP contribution in [-0.2, 0) is 21.2 Å². The highest BCUT2D eigenvalue weighted by molar-refractivity contribution is 7.89. The molecule has 0 bridgehead atoms. The van der Waals surface area contributed by atoms with Crippen LogP contribution < -0.4 is 10.0 Å². The number of carbonyl (C=O) groups excluding carboxylic acids is 1. The Hall–Kier alpha value is -1.93. The van der Waals surface area contributed by atoms with Gasteiger partial charge in [-0.2, -0.15) is 0 Å². The molecule has 0 spiro atoms. The van der Waals surface area contributed by atoms with E-state index in [-0.39, 0.29) is 29.9 Å². The number of sulfonamides is 1. The number of ether oxygens (including phenoxy) is 1. The quantitative estimate of drug-likeness (QED) is 0.739. The SMILES string of the molecule is COC(=O)c1ccc(S(=O)(=O)NCC2NCCc3ccccc32)cc1C.Cl. The number of rotatable bonds is 5. The average Bonchev–Trinajstić information content (AvgIpc) is 2.65. The second kappa shape index (κ2) is 8.84. The normalized spacial score (nSPS) is 16.1. The van der Waals surface area contributed by atoms with Gasteiger partial charge in [0.1, 0.15) is 0 Å². The van der Waals surface area contributed by atoms with E-state index >= 15 is 0 Å². The first-order chi connectivity index (χ1) is 12.4. The number of esters is 1. The lowest BCUT2D eigenvalue weighted by Gasteiger charge is -2.27. The molecule has 146 valence electrons. The Labute approximate surface area is 165 Å². The van der Waals surface area contributed by atoms with Crippen molar-refractivity contribution in [3.63, 3.8) is 0 Å². The summed E-state index contributed by atoms with van der Waals surface area (Å²) in [5, 5.41) is 3.35. The van der Waals surface area contributed by atoms with Crippen molar-refractivity contribution in [3.05, 3.63) is 64.7 Å². The van der Waals surface area contributed by atoms with Gasteiger partial charge in [0.2, 0.25) is 10.0 Å². The number of carbonyl (C=O) groups is 1. The number of hydrogen-bond acceptors (Lipinski definition) is 5. The molecule has 0 aliphatic carbocycles. The number of methoxy groups -OCH3 is 1. The van der Waals surface area contributed by atoms with Crippen LogP contribution in [0.4, 0.5) is 0 Å². The maximum atomic E-state index is 12.6. The number of aryl methyl sites for hydroxylation is 1. The summed E-state index contributed by atoms with van der Waals surface area (Å²) < 4.78 is 32.6. The Bertz CT molecular complexity index is 931. The minimum Gasteiger partial charge on any atom is -0.465 e. The molecule has 2 N–H and O–H groups in total. The molecule has 1 unspecified atom stereocenters. The van der Waals surface area contributed by atoms with E-state index in [4.69, 9.17) is 4.74 Å². The average molecular weight is 411 g/mol. The third kappa shape index (κ3) is 4.68. The van der Waals surface area contributed by atoms with Gasteiger partial charge in [-0.1, -0.05) is 24.3 Å². The fourth-order valence-electron chi connectivity index (χ4n) is 3.19. The second-order valence-corrected chi connectivity index (χ2v) is 8.04. The van der Waals surface area contributed by atoms with Gasteiger partial charge in [-0.25, -0.2) is 17.9 Å². The van der Waals surface area contributed by atoms with Crippen LogP contribution in [0.15, 0.2) is 47.4 Å². The molecule has 2 aromatic rings. The van der Waals surface area contributed by atoms with E-state index in [2.05, 4.69) is 16.1 Å². The smallest absolute Gasteiger partial charge is 0.338 e. The Morgan fingerprint density at radius 2 is 2.00 bits per heavy atom. The molecule has 1 aliphatic heterocycles. The van der Waals surface area contributed by atoms with Gasteiger partial charge in [-0.15, -0.1) is 12.4 Å². The molecule has 3 rings (SSSR count). The summed E-state index contributed by atoms with van der Waals surface area (Å²) in [5.74, 6) is -0.484. The topological polar surface area (TPSA) is 84.5 Å². The minimum atomic E-state index is -3.68. The van der Waals surface area contributed by atoms with Crippen LogP contribution in [-0.4, -0.2) is 34.6 Å². The molecule has 1 heterocycles. The Morgan fingerprint density at radius 3 is 2.70 bits per heavy atom. The van der Waals surface area contributed by atoms with Gasteiger partial charge < -0.3 is 10.1 Å². The zero-order valence-electron chi connectivity index (χ0n) is 15.2. The standard InChI is InChI=1S/C19H22N2O4S.ClH/c1-13-11-15(7-8-16(13)19(22)25-2)26(23,24)21-12-18-17-6-4-3-5-14(17)9-10-20-18;/h3-8,11,18,20-21H,9-10,12H2,1-2H3;1H. The summed E-state index contributed by atoms with van der Waals surface area (Å²) in [6, 6.07) is 12.4.